The van der Waals surface area contributed by atoms with Crippen LogP contribution in [0.2, 0.25) is 5.02 Å². The SMILES string of the molecule is O=C1NC(=S)S/C1=C\c1cn(-c2ccccc2)nc1-c1ccc(OCc2ccccc2Cl)cc1. The van der Waals surface area contributed by atoms with Gasteiger partial charge in [-0.3, -0.25) is 4.79 Å². The molecule has 1 aliphatic heterocycles. The van der Waals surface area contributed by atoms with Crippen LogP contribution >= 0.6 is 35.6 Å². The van der Waals surface area contributed by atoms with Crippen LogP contribution in [0.5, 0.6) is 5.75 Å². The number of carbonyl (C=O) groups excluding carboxylic acids is 1. The Hall–Kier alpha value is -3.39. The molecule has 5 nitrogen and oxygen atoms in total. The number of carbonyl (C=O) groups is 1. The highest BCUT2D eigenvalue weighted by Gasteiger charge is 2.23. The molecule has 1 fully saturated rings. The Bertz CT molecular complexity index is 1400. The second kappa shape index (κ2) is 9.85. The number of amides is 1. The number of nitrogens with zero attached hydrogens (tertiary/aromatic N) is 2. The van der Waals surface area contributed by atoms with Gasteiger partial charge in [0.2, 0.25) is 0 Å². The maximum Gasteiger partial charge on any atom is 0.263 e. The molecule has 0 atom stereocenters. The summed E-state index contributed by atoms with van der Waals surface area (Å²) in [7, 11) is 0. The first-order valence-electron chi connectivity index (χ1n) is 10.4. The van der Waals surface area contributed by atoms with Crippen LogP contribution in [0.3, 0.4) is 0 Å². The van der Waals surface area contributed by atoms with E-state index in [1.54, 1.807) is 4.68 Å². The summed E-state index contributed by atoms with van der Waals surface area (Å²) in [6, 6.07) is 25.1. The van der Waals surface area contributed by atoms with Crippen molar-refractivity contribution in [2.24, 2.45) is 0 Å². The zero-order chi connectivity index (χ0) is 23.5. The van der Waals surface area contributed by atoms with Crippen LogP contribution in [-0.4, -0.2) is 20.0 Å². The number of thiocarbonyl (C=S) groups is 1. The van der Waals surface area contributed by atoms with E-state index in [9.17, 15) is 4.79 Å². The molecule has 8 heteroatoms. The molecule has 1 aromatic heterocycles. The number of aromatic nitrogens is 2. The van der Waals surface area contributed by atoms with Crippen molar-refractivity contribution in [1.82, 2.24) is 15.1 Å². The summed E-state index contributed by atoms with van der Waals surface area (Å²) in [5.41, 5.74) is 4.31. The zero-order valence-corrected chi connectivity index (χ0v) is 20.2. The fraction of sp³-hybridized carbons (Fsp3) is 0.0385. The van der Waals surface area contributed by atoms with Gasteiger partial charge in [0.1, 0.15) is 16.7 Å². The molecular formula is C26H18ClN3O2S2. The van der Waals surface area contributed by atoms with Crippen molar-refractivity contribution in [3.05, 3.63) is 106 Å². The Morgan fingerprint density at radius 2 is 1.76 bits per heavy atom. The van der Waals surface area contributed by atoms with E-state index in [0.717, 1.165) is 33.8 Å². The molecule has 1 N–H and O–H groups in total. The number of rotatable bonds is 6. The predicted molar refractivity (Wildman–Crippen MR) is 141 cm³/mol. The second-order valence-corrected chi connectivity index (χ2v) is 9.60. The minimum atomic E-state index is -0.197. The van der Waals surface area contributed by atoms with Crippen molar-refractivity contribution in [2.75, 3.05) is 0 Å². The minimum Gasteiger partial charge on any atom is -0.489 e. The Kier molecular flexibility index (Phi) is 6.49. The Balaban J connectivity index is 1.45. The number of benzene rings is 3. The molecule has 1 amide bonds. The molecule has 0 radical (unpaired) electrons. The van der Waals surface area contributed by atoms with Crippen LogP contribution in [-0.2, 0) is 11.4 Å². The minimum absolute atomic E-state index is 0.197. The molecule has 168 valence electrons. The lowest BCUT2D eigenvalue weighted by molar-refractivity contribution is -0.115. The van der Waals surface area contributed by atoms with Gasteiger partial charge < -0.3 is 10.1 Å². The zero-order valence-electron chi connectivity index (χ0n) is 17.8. The van der Waals surface area contributed by atoms with Crippen molar-refractivity contribution in [2.45, 2.75) is 6.61 Å². The fourth-order valence-corrected chi connectivity index (χ4v) is 4.70. The summed E-state index contributed by atoms with van der Waals surface area (Å²) >= 11 is 12.6. The van der Waals surface area contributed by atoms with Crippen molar-refractivity contribution < 1.29 is 9.53 Å². The van der Waals surface area contributed by atoms with Gasteiger partial charge in [-0.2, -0.15) is 5.10 Å². The van der Waals surface area contributed by atoms with Gasteiger partial charge in [-0.25, -0.2) is 4.68 Å². The summed E-state index contributed by atoms with van der Waals surface area (Å²) in [5, 5.41) is 8.15. The van der Waals surface area contributed by atoms with Crippen LogP contribution in [0, 0.1) is 0 Å². The summed E-state index contributed by atoms with van der Waals surface area (Å²) < 4.78 is 8.17. The standard InChI is InChI=1S/C26H18ClN3O2S2/c27-22-9-5-4-6-18(22)16-32-21-12-10-17(11-13-21)24-19(14-23-25(31)28-26(33)34-23)15-30(29-24)20-7-2-1-3-8-20/h1-15H,16H2,(H,28,31,33)/b23-14-. The van der Waals surface area contributed by atoms with E-state index in [2.05, 4.69) is 5.32 Å². The smallest absolute Gasteiger partial charge is 0.263 e. The Labute approximate surface area is 211 Å². The molecule has 0 saturated carbocycles. The first-order chi connectivity index (χ1) is 16.6. The van der Waals surface area contributed by atoms with Crippen LogP contribution < -0.4 is 10.1 Å². The van der Waals surface area contributed by atoms with Crippen molar-refractivity contribution in [1.29, 1.82) is 0 Å². The third-order valence-corrected chi connectivity index (χ3v) is 6.70. The van der Waals surface area contributed by atoms with E-state index in [1.165, 1.54) is 11.8 Å². The van der Waals surface area contributed by atoms with Crippen LogP contribution in [0.1, 0.15) is 11.1 Å². The quantitative estimate of drug-likeness (QED) is 0.248. The van der Waals surface area contributed by atoms with Gasteiger partial charge in [-0.05, 0) is 48.5 Å². The largest absolute Gasteiger partial charge is 0.489 e. The average molecular weight is 504 g/mol. The van der Waals surface area contributed by atoms with Gasteiger partial charge >= 0.3 is 0 Å². The maximum absolute atomic E-state index is 12.2. The normalized spacial score (nSPS) is 14.4. The summed E-state index contributed by atoms with van der Waals surface area (Å²) in [4.78, 5) is 12.8. The Morgan fingerprint density at radius 3 is 2.47 bits per heavy atom. The van der Waals surface area contributed by atoms with E-state index in [4.69, 9.17) is 33.7 Å². The number of hydrogen-bond acceptors (Lipinski definition) is 5. The van der Waals surface area contributed by atoms with Crippen LogP contribution in [0.15, 0.2) is 90.0 Å². The number of hydrogen-bond donors (Lipinski definition) is 1. The summed E-state index contributed by atoms with van der Waals surface area (Å²) in [5.74, 6) is 0.527. The molecule has 4 aromatic rings. The first kappa shape index (κ1) is 22.4. The van der Waals surface area contributed by atoms with E-state index in [0.29, 0.717) is 20.9 Å². The highest BCUT2D eigenvalue weighted by Crippen LogP contribution is 2.31. The molecule has 1 saturated heterocycles. The molecular weight excluding hydrogens is 486 g/mol. The van der Waals surface area contributed by atoms with E-state index in [-0.39, 0.29) is 5.91 Å². The highest BCUT2D eigenvalue weighted by atomic mass is 35.5. The number of ether oxygens (including phenoxy) is 1. The fourth-order valence-electron chi connectivity index (χ4n) is 3.48. The molecule has 5 rings (SSSR count). The first-order valence-corrected chi connectivity index (χ1v) is 12.0. The van der Waals surface area contributed by atoms with Crippen LogP contribution in [0.4, 0.5) is 0 Å². The van der Waals surface area contributed by atoms with Crippen molar-refractivity contribution >= 4 is 51.9 Å². The topological polar surface area (TPSA) is 56.2 Å². The molecule has 3 aromatic carbocycles. The Morgan fingerprint density at radius 1 is 1.03 bits per heavy atom. The molecule has 0 unspecified atom stereocenters. The van der Waals surface area contributed by atoms with Gasteiger partial charge in [0.05, 0.1) is 16.3 Å². The molecule has 1 aliphatic rings. The third-order valence-electron chi connectivity index (χ3n) is 5.17. The van der Waals surface area contributed by atoms with Crippen molar-refractivity contribution in [3.8, 4) is 22.7 Å². The number of halogens is 1. The summed E-state index contributed by atoms with van der Waals surface area (Å²) in [6.45, 7) is 0.380. The third kappa shape index (κ3) is 4.92. The number of para-hydroxylation sites is 1. The molecule has 0 aliphatic carbocycles. The van der Waals surface area contributed by atoms with Gasteiger partial charge in [0.25, 0.3) is 5.91 Å². The number of nitrogens with one attached hydrogen (secondary N) is 1. The van der Waals surface area contributed by atoms with Gasteiger partial charge in [-0.1, -0.05) is 72.0 Å². The van der Waals surface area contributed by atoms with Crippen LogP contribution in [0.25, 0.3) is 23.0 Å². The highest BCUT2D eigenvalue weighted by molar-refractivity contribution is 8.26. The van der Waals surface area contributed by atoms with E-state index >= 15 is 0 Å². The summed E-state index contributed by atoms with van der Waals surface area (Å²) in [6.07, 6.45) is 3.73. The average Bonchev–Trinajstić information content (AvgIpc) is 3.42. The monoisotopic (exact) mass is 503 g/mol. The van der Waals surface area contributed by atoms with Gasteiger partial charge in [0, 0.05) is 27.9 Å². The molecule has 34 heavy (non-hydrogen) atoms. The van der Waals surface area contributed by atoms with Crippen molar-refractivity contribution in [3.63, 3.8) is 0 Å². The van der Waals surface area contributed by atoms with Gasteiger partial charge in [0.15, 0.2) is 0 Å². The maximum atomic E-state index is 12.2. The number of thioether (sulfide) groups is 1. The lowest BCUT2D eigenvalue weighted by Crippen LogP contribution is -2.17. The molecule has 2 heterocycles. The molecule has 0 spiro atoms. The molecule has 0 bridgehead atoms. The second-order valence-electron chi connectivity index (χ2n) is 7.47. The lowest BCUT2D eigenvalue weighted by Gasteiger charge is -2.08. The van der Waals surface area contributed by atoms with E-state index < -0.39 is 0 Å². The van der Waals surface area contributed by atoms with Gasteiger partial charge in [-0.15, -0.1) is 0 Å². The van der Waals surface area contributed by atoms with E-state index in [1.807, 2.05) is 91.1 Å². The lowest BCUT2D eigenvalue weighted by atomic mass is 10.1. The predicted octanol–water partition coefficient (Wildman–Crippen LogP) is 6.26.